The van der Waals surface area contributed by atoms with E-state index in [1.54, 1.807) is 0 Å². The zero-order valence-corrected chi connectivity index (χ0v) is 27.2. The molecule has 2 aromatic heterocycles. The lowest BCUT2D eigenvalue weighted by Gasteiger charge is -2.39. The molecule has 4 aromatic rings. The standard InChI is InChI=1S/C37H44N6O3/c1-24(2)31-8-9-32(41-40-31)26-4-6-30(7-5-26)46-36-20-34-33(19-28(36)23-43-22-25(3)18-37(43)44)38-21-35(39-34)27-10-14-42(15-11-27)29-12-16-45-17-13-29/h4-9,19-21,24-25,27,29H,10-18,22-23H2,1-3H3/t25-/m0/s1. The molecule has 7 rings (SSSR count). The van der Waals surface area contributed by atoms with E-state index in [9.17, 15) is 4.79 Å². The zero-order chi connectivity index (χ0) is 31.6. The Kier molecular flexibility index (Phi) is 8.95. The summed E-state index contributed by atoms with van der Waals surface area (Å²) in [6.45, 7) is 11.5. The average molecular weight is 621 g/mol. The highest BCUT2D eigenvalue weighted by atomic mass is 16.5. The number of benzene rings is 2. The molecular weight excluding hydrogens is 576 g/mol. The third-order valence-electron chi connectivity index (χ3n) is 9.82. The van der Waals surface area contributed by atoms with Crippen molar-refractivity contribution >= 4 is 16.9 Å². The predicted molar refractivity (Wildman–Crippen MR) is 178 cm³/mol. The van der Waals surface area contributed by atoms with Crippen LogP contribution in [0.5, 0.6) is 11.5 Å². The van der Waals surface area contributed by atoms with Crippen LogP contribution in [-0.2, 0) is 16.1 Å². The van der Waals surface area contributed by atoms with Crippen LogP contribution in [0.25, 0.3) is 22.3 Å². The number of nitrogens with zero attached hydrogens (tertiary/aromatic N) is 6. The molecule has 5 heterocycles. The summed E-state index contributed by atoms with van der Waals surface area (Å²) in [6, 6.07) is 16.7. The van der Waals surface area contributed by atoms with Crippen molar-refractivity contribution in [3.8, 4) is 22.8 Å². The van der Waals surface area contributed by atoms with Crippen LogP contribution in [0.3, 0.4) is 0 Å². The van der Waals surface area contributed by atoms with E-state index in [1.807, 2.05) is 59.6 Å². The lowest BCUT2D eigenvalue weighted by Crippen LogP contribution is -2.43. The second-order valence-corrected chi connectivity index (χ2v) is 13.6. The predicted octanol–water partition coefficient (Wildman–Crippen LogP) is 6.73. The minimum Gasteiger partial charge on any atom is -0.457 e. The molecule has 0 saturated carbocycles. The molecule has 2 aromatic carbocycles. The molecule has 240 valence electrons. The van der Waals surface area contributed by atoms with Crippen molar-refractivity contribution in [2.45, 2.75) is 77.3 Å². The number of ether oxygens (including phenoxy) is 2. The number of amides is 1. The zero-order valence-electron chi connectivity index (χ0n) is 27.2. The lowest BCUT2D eigenvalue weighted by atomic mass is 9.91. The van der Waals surface area contributed by atoms with Gasteiger partial charge in [-0.1, -0.05) is 20.8 Å². The molecule has 3 fully saturated rings. The van der Waals surface area contributed by atoms with Crippen molar-refractivity contribution in [2.24, 2.45) is 5.92 Å². The highest BCUT2D eigenvalue weighted by Gasteiger charge is 2.29. The van der Waals surface area contributed by atoms with Gasteiger partial charge in [-0.2, -0.15) is 10.2 Å². The van der Waals surface area contributed by atoms with Crippen molar-refractivity contribution in [3.05, 3.63) is 71.7 Å². The Morgan fingerprint density at radius 1 is 0.957 bits per heavy atom. The number of hydrogen-bond donors (Lipinski definition) is 0. The molecular formula is C37H44N6O3. The van der Waals surface area contributed by atoms with Gasteiger partial charge in [0.1, 0.15) is 11.5 Å². The van der Waals surface area contributed by atoms with Crippen LogP contribution in [0.1, 0.15) is 81.7 Å². The first-order valence-electron chi connectivity index (χ1n) is 16.9. The van der Waals surface area contributed by atoms with E-state index in [2.05, 4.69) is 35.9 Å². The Bertz CT molecular complexity index is 1660. The third kappa shape index (κ3) is 6.76. The van der Waals surface area contributed by atoms with Crippen LogP contribution in [0, 0.1) is 5.92 Å². The summed E-state index contributed by atoms with van der Waals surface area (Å²) in [5.41, 5.74) is 6.40. The van der Waals surface area contributed by atoms with Gasteiger partial charge in [-0.3, -0.25) is 9.78 Å². The number of hydrogen-bond acceptors (Lipinski definition) is 8. The summed E-state index contributed by atoms with van der Waals surface area (Å²) >= 11 is 0. The molecule has 3 aliphatic rings. The normalized spacial score (nSPS) is 20.2. The number of piperidine rings is 1. The summed E-state index contributed by atoms with van der Waals surface area (Å²) in [5, 5.41) is 8.80. The molecule has 0 unspecified atom stereocenters. The van der Waals surface area contributed by atoms with Crippen molar-refractivity contribution < 1.29 is 14.3 Å². The van der Waals surface area contributed by atoms with Crippen LogP contribution in [0.15, 0.2) is 54.7 Å². The van der Waals surface area contributed by atoms with Gasteiger partial charge in [-0.15, -0.1) is 0 Å². The summed E-state index contributed by atoms with van der Waals surface area (Å²) in [7, 11) is 0. The van der Waals surface area contributed by atoms with Crippen LogP contribution in [-0.4, -0.2) is 74.8 Å². The maximum atomic E-state index is 12.7. The first-order chi connectivity index (χ1) is 22.4. The van der Waals surface area contributed by atoms with Gasteiger partial charge in [0.15, 0.2) is 0 Å². The van der Waals surface area contributed by atoms with E-state index in [0.717, 1.165) is 97.8 Å². The topological polar surface area (TPSA) is 93.6 Å². The van der Waals surface area contributed by atoms with E-state index >= 15 is 0 Å². The molecule has 0 spiro atoms. The van der Waals surface area contributed by atoms with Crippen LogP contribution < -0.4 is 4.74 Å². The van der Waals surface area contributed by atoms with Gasteiger partial charge in [-0.25, -0.2) is 4.98 Å². The molecule has 9 nitrogen and oxygen atoms in total. The minimum absolute atomic E-state index is 0.182. The van der Waals surface area contributed by atoms with Gasteiger partial charge >= 0.3 is 0 Å². The first kappa shape index (κ1) is 30.7. The number of carbonyl (C=O) groups is 1. The van der Waals surface area contributed by atoms with Crippen LogP contribution in [0.2, 0.25) is 0 Å². The lowest BCUT2D eigenvalue weighted by molar-refractivity contribution is -0.128. The molecule has 0 N–H and O–H groups in total. The summed E-state index contributed by atoms with van der Waals surface area (Å²) in [5.74, 6) is 2.68. The molecule has 1 atom stereocenters. The number of likely N-dealkylation sites (tertiary alicyclic amines) is 2. The summed E-state index contributed by atoms with van der Waals surface area (Å²) < 4.78 is 12.1. The molecule has 46 heavy (non-hydrogen) atoms. The number of fused-ring (bicyclic) bond motifs is 1. The number of carbonyl (C=O) groups excluding carboxylic acids is 1. The van der Waals surface area contributed by atoms with Crippen molar-refractivity contribution in [3.63, 3.8) is 0 Å². The molecule has 9 heteroatoms. The van der Waals surface area contributed by atoms with Crippen LogP contribution >= 0.6 is 0 Å². The highest BCUT2D eigenvalue weighted by Crippen LogP contribution is 2.35. The maximum Gasteiger partial charge on any atom is 0.223 e. The fraction of sp³-hybridized carbons (Fsp3) is 0.486. The third-order valence-corrected chi connectivity index (χ3v) is 9.82. The Labute approximate surface area is 271 Å². The molecule has 3 saturated heterocycles. The Morgan fingerprint density at radius 2 is 1.74 bits per heavy atom. The Morgan fingerprint density at radius 3 is 2.41 bits per heavy atom. The van der Waals surface area contributed by atoms with Gasteiger partial charge in [0.25, 0.3) is 0 Å². The Balaban J connectivity index is 1.13. The minimum atomic E-state index is 0.182. The van der Waals surface area contributed by atoms with Crippen molar-refractivity contribution in [2.75, 3.05) is 32.8 Å². The molecule has 1 amide bonds. The maximum absolute atomic E-state index is 12.7. The van der Waals surface area contributed by atoms with Gasteiger partial charge in [0, 0.05) is 68.1 Å². The van der Waals surface area contributed by atoms with Gasteiger partial charge < -0.3 is 19.3 Å². The highest BCUT2D eigenvalue weighted by molar-refractivity contribution is 5.80. The quantitative estimate of drug-likeness (QED) is 0.214. The van der Waals surface area contributed by atoms with Crippen molar-refractivity contribution in [1.29, 1.82) is 0 Å². The average Bonchev–Trinajstić information content (AvgIpc) is 3.41. The molecule has 0 radical (unpaired) electrons. The smallest absolute Gasteiger partial charge is 0.223 e. The van der Waals surface area contributed by atoms with E-state index in [-0.39, 0.29) is 5.91 Å². The number of rotatable bonds is 8. The number of aromatic nitrogens is 4. The molecule has 0 bridgehead atoms. The van der Waals surface area contributed by atoms with Gasteiger partial charge in [0.05, 0.1) is 28.1 Å². The second kappa shape index (κ2) is 13.4. The SMILES string of the molecule is CC(C)c1ccc(-c2ccc(Oc3cc4nc(C5CCN(C6CCOCC6)CC5)cnc4cc3CN3C[C@@H](C)CC3=O)cc2)nn1. The van der Waals surface area contributed by atoms with Gasteiger partial charge in [-0.05, 0) is 93.1 Å². The van der Waals surface area contributed by atoms with E-state index < -0.39 is 0 Å². The second-order valence-electron chi connectivity index (χ2n) is 13.6. The summed E-state index contributed by atoms with van der Waals surface area (Å²) in [4.78, 5) is 27.3. The van der Waals surface area contributed by atoms with E-state index in [1.165, 1.54) is 0 Å². The van der Waals surface area contributed by atoms with E-state index in [0.29, 0.717) is 48.3 Å². The first-order valence-corrected chi connectivity index (χ1v) is 16.9. The fourth-order valence-electron chi connectivity index (χ4n) is 7.08. The summed E-state index contributed by atoms with van der Waals surface area (Å²) in [6.07, 6.45) is 6.99. The molecule has 0 aliphatic carbocycles. The monoisotopic (exact) mass is 620 g/mol. The fourth-order valence-corrected chi connectivity index (χ4v) is 7.08. The van der Waals surface area contributed by atoms with Crippen molar-refractivity contribution in [1.82, 2.24) is 30.0 Å². The Hall–Kier alpha value is -3.95. The molecule has 3 aliphatic heterocycles. The van der Waals surface area contributed by atoms with Crippen LogP contribution in [0.4, 0.5) is 0 Å². The largest absolute Gasteiger partial charge is 0.457 e. The van der Waals surface area contributed by atoms with E-state index in [4.69, 9.17) is 19.4 Å². The van der Waals surface area contributed by atoms with Gasteiger partial charge in [0.2, 0.25) is 5.91 Å².